The van der Waals surface area contributed by atoms with E-state index in [1.807, 2.05) is 27.7 Å². The van der Waals surface area contributed by atoms with Crippen molar-refractivity contribution in [3.05, 3.63) is 30.5 Å². The number of nitrogens with zero attached hydrogens (tertiary/aromatic N) is 3. The molecule has 0 saturated heterocycles. The minimum absolute atomic E-state index is 0.0123. The van der Waals surface area contributed by atoms with Crippen molar-refractivity contribution in [3.63, 3.8) is 0 Å². The standard InChI is InChI=1S/C20H29N5O5S/c1-6-30-20(27)17(12(2)3)22-19(26)18(13(4)5)25-11-16(23-24-25)14-7-9-15(10-8-14)31(21,28)29/h7-13,17-18H,6H2,1-5H3,(H,22,26)(H2,21,28,29)/t17-,18-/m0/s1. The number of benzene rings is 1. The summed E-state index contributed by atoms with van der Waals surface area (Å²) < 4.78 is 29.3. The molecule has 0 unspecified atom stereocenters. The third-order valence-corrected chi connectivity index (χ3v) is 5.61. The Morgan fingerprint density at radius 3 is 2.23 bits per heavy atom. The third-order valence-electron chi connectivity index (χ3n) is 4.68. The van der Waals surface area contributed by atoms with Gasteiger partial charge in [-0.15, -0.1) is 5.10 Å². The predicted octanol–water partition coefficient (Wildman–Crippen LogP) is 1.49. The molecule has 31 heavy (non-hydrogen) atoms. The van der Waals surface area contributed by atoms with Gasteiger partial charge in [-0.2, -0.15) is 0 Å². The second kappa shape index (κ2) is 10.0. The van der Waals surface area contributed by atoms with Gasteiger partial charge < -0.3 is 10.1 Å². The highest BCUT2D eigenvalue weighted by atomic mass is 32.2. The van der Waals surface area contributed by atoms with Gasteiger partial charge in [0.2, 0.25) is 15.9 Å². The predicted molar refractivity (Wildman–Crippen MR) is 114 cm³/mol. The van der Waals surface area contributed by atoms with Crippen LogP contribution in [0.3, 0.4) is 0 Å². The zero-order valence-electron chi connectivity index (χ0n) is 18.3. The van der Waals surface area contributed by atoms with E-state index in [-0.39, 0.29) is 29.2 Å². The van der Waals surface area contributed by atoms with Crippen LogP contribution in [0.15, 0.2) is 35.4 Å². The summed E-state index contributed by atoms with van der Waals surface area (Å²) in [6.45, 7) is 9.31. The number of carbonyl (C=O) groups is 2. The smallest absolute Gasteiger partial charge is 0.328 e. The average molecular weight is 452 g/mol. The number of sulfonamides is 1. The molecule has 0 aliphatic rings. The van der Waals surface area contributed by atoms with Gasteiger partial charge in [-0.3, -0.25) is 4.79 Å². The van der Waals surface area contributed by atoms with Crippen LogP contribution in [0.25, 0.3) is 11.3 Å². The van der Waals surface area contributed by atoms with E-state index in [0.29, 0.717) is 11.3 Å². The first kappa shape index (κ1) is 24.5. The molecule has 1 heterocycles. The Morgan fingerprint density at radius 2 is 1.74 bits per heavy atom. The summed E-state index contributed by atoms with van der Waals surface area (Å²) >= 11 is 0. The van der Waals surface area contributed by atoms with E-state index in [4.69, 9.17) is 9.88 Å². The minimum atomic E-state index is -3.79. The number of rotatable bonds is 9. The number of amides is 1. The first-order chi connectivity index (χ1) is 14.5. The Labute approximate surface area is 182 Å². The fourth-order valence-corrected chi connectivity index (χ4v) is 3.57. The highest BCUT2D eigenvalue weighted by molar-refractivity contribution is 7.89. The lowest BCUT2D eigenvalue weighted by Gasteiger charge is -2.25. The second-order valence-electron chi connectivity index (χ2n) is 7.82. The van der Waals surface area contributed by atoms with E-state index in [2.05, 4.69) is 15.6 Å². The summed E-state index contributed by atoms with van der Waals surface area (Å²) in [5, 5.41) is 16.1. The molecular formula is C20H29N5O5S. The van der Waals surface area contributed by atoms with Crippen LogP contribution in [-0.4, -0.2) is 47.9 Å². The summed E-state index contributed by atoms with van der Waals surface area (Å²) in [6, 6.07) is 4.40. The molecule has 0 aliphatic heterocycles. The molecule has 11 heteroatoms. The van der Waals surface area contributed by atoms with E-state index in [9.17, 15) is 18.0 Å². The molecular weight excluding hydrogens is 422 g/mol. The third kappa shape index (κ3) is 6.11. The van der Waals surface area contributed by atoms with E-state index >= 15 is 0 Å². The first-order valence-corrected chi connectivity index (χ1v) is 11.5. The topological polar surface area (TPSA) is 146 Å². The van der Waals surface area contributed by atoms with Crippen molar-refractivity contribution >= 4 is 21.9 Å². The minimum Gasteiger partial charge on any atom is -0.464 e. The molecule has 1 aromatic heterocycles. The number of hydrogen-bond donors (Lipinski definition) is 2. The van der Waals surface area contributed by atoms with E-state index in [1.54, 1.807) is 25.3 Å². The molecule has 3 N–H and O–H groups in total. The van der Waals surface area contributed by atoms with Crippen LogP contribution in [0.2, 0.25) is 0 Å². The zero-order chi connectivity index (χ0) is 23.3. The van der Waals surface area contributed by atoms with Crippen LogP contribution >= 0.6 is 0 Å². The van der Waals surface area contributed by atoms with Crippen molar-refractivity contribution in [1.29, 1.82) is 0 Å². The van der Waals surface area contributed by atoms with Gasteiger partial charge in [0.05, 0.1) is 17.7 Å². The molecule has 1 amide bonds. The van der Waals surface area contributed by atoms with Crippen molar-refractivity contribution in [2.75, 3.05) is 6.61 Å². The van der Waals surface area contributed by atoms with Crippen LogP contribution in [0.1, 0.15) is 40.7 Å². The molecule has 0 fully saturated rings. The number of nitrogens with two attached hydrogens (primary N) is 1. The van der Waals surface area contributed by atoms with Crippen molar-refractivity contribution in [1.82, 2.24) is 20.3 Å². The Balaban J connectivity index is 2.27. The van der Waals surface area contributed by atoms with Gasteiger partial charge in [0.15, 0.2) is 0 Å². The van der Waals surface area contributed by atoms with Crippen molar-refractivity contribution in [3.8, 4) is 11.3 Å². The van der Waals surface area contributed by atoms with Crippen LogP contribution in [0, 0.1) is 11.8 Å². The quantitative estimate of drug-likeness (QED) is 0.549. The van der Waals surface area contributed by atoms with Gasteiger partial charge in [-0.25, -0.2) is 23.0 Å². The van der Waals surface area contributed by atoms with Gasteiger partial charge in [-0.05, 0) is 30.9 Å². The van der Waals surface area contributed by atoms with Gasteiger partial charge in [0.25, 0.3) is 0 Å². The normalized spacial score (nSPS) is 13.8. The number of hydrogen-bond acceptors (Lipinski definition) is 7. The Kier molecular flexibility index (Phi) is 7.91. The fourth-order valence-electron chi connectivity index (χ4n) is 3.06. The van der Waals surface area contributed by atoms with Crippen molar-refractivity contribution in [2.45, 2.75) is 51.6 Å². The van der Waals surface area contributed by atoms with Crippen LogP contribution < -0.4 is 10.5 Å². The van der Waals surface area contributed by atoms with Gasteiger partial charge in [0.1, 0.15) is 17.8 Å². The molecule has 0 saturated carbocycles. The average Bonchev–Trinajstić information content (AvgIpc) is 3.14. The van der Waals surface area contributed by atoms with Gasteiger partial charge in [0, 0.05) is 5.56 Å². The Hall–Kier alpha value is -2.79. The monoisotopic (exact) mass is 451 g/mol. The summed E-state index contributed by atoms with van der Waals surface area (Å²) in [6.07, 6.45) is 1.60. The first-order valence-electron chi connectivity index (χ1n) is 9.97. The fraction of sp³-hybridized carbons (Fsp3) is 0.500. The maximum atomic E-state index is 13.0. The number of esters is 1. The maximum Gasteiger partial charge on any atom is 0.328 e. The molecule has 170 valence electrons. The molecule has 2 rings (SSSR count). The summed E-state index contributed by atoms with van der Waals surface area (Å²) in [5.41, 5.74) is 1.08. The molecule has 0 spiro atoms. The highest BCUT2D eigenvalue weighted by Crippen LogP contribution is 2.23. The number of primary sulfonamides is 1. The zero-order valence-corrected chi connectivity index (χ0v) is 19.1. The highest BCUT2D eigenvalue weighted by Gasteiger charge is 2.32. The van der Waals surface area contributed by atoms with Crippen molar-refractivity contribution in [2.24, 2.45) is 17.0 Å². The van der Waals surface area contributed by atoms with E-state index in [1.165, 1.54) is 16.8 Å². The second-order valence-corrected chi connectivity index (χ2v) is 9.39. The lowest BCUT2D eigenvalue weighted by molar-refractivity contribution is -0.149. The molecule has 0 radical (unpaired) electrons. The summed E-state index contributed by atoms with van der Waals surface area (Å²) in [4.78, 5) is 25.2. The number of nitrogens with one attached hydrogen (secondary N) is 1. The lowest BCUT2D eigenvalue weighted by Crippen LogP contribution is -2.48. The number of aromatic nitrogens is 3. The Bertz CT molecular complexity index is 1010. The summed E-state index contributed by atoms with van der Waals surface area (Å²) in [7, 11) is -3.79. The molecule has 2 atom stereocenters. The van der Waals surface area contributed by atoms with Crippen LogP contribution in [0.5, 0.6) is 0 Å². The van der Waals surface area contributed by atoms with Gasteiger partial charge in [-0.1, -0.05) is 45.0 Å². The van der Waals surface area contributed by atoms with E-state index in [0.717, 1.165) is 0 Å². The Morgan fingerprint density at radius 1 is 1.13 bits per heavy atom. The van der Waals surface area contributed by atoms with Crippen molar-refractivity contribution < 1.29 is 22.7 Å². The van der Waals surface area contributed by atoms with Crippen LogP contribution in [0.4, 0.5) is 0 Å². The number of ether oxygens (including phenoxy) is 1. The molecule has 0 bridgehead atoms. The molecule has 2 aromatic rings. The largest absolute Gasteiger partial charge is 0.464 e. The summed E-state index contributed by atoms with van der Waals surface area (Å²) in [5.74, 6) is -1.15. The molecule has 0 aliphatic carbocycles. The lowest BCUT2D eigenvalue weighted by atomic mass is 10.0. The maximum absolute atomic E-state index is 13.0. The van der Waals surface area contributed by atoms with Gasteiger partial charge >= 0.3 is 5.97 Å². The number of carbonyl (C=O) groups excluding carboxylic acids is 2. The van der Waals surface area contributed by atoms with Crippen LogP contribution in [-0.2, 0) is 24.3 Å². The van der Waals surface area contributed by atoms with E-state index < -0.39 is 28.1 Å². The SMILES string of the molecule is CCOC(=O)[C@@H](NC(=O)[C@H](C(C)C)n1cc(-c2ccc(S(N)(=O)=O)cc2)nn1)C(C)C. The molecule has 10 nitrogen and oxygen atoms in total. The molecule has 1 aromatic carbocycles.